The average Bonchev–Trinajstić information content (AvgIpc) is 2.94. The Hall–Kier alpha value is -1.33. The number of hydrogen-bond donors (Lipinski definition) is 1. The molecule has 2 rings (SSSR count). The Kier molecular flexibility index (Phi) is 6.26. The average molecular weight is 311 g/mol. The van der Waals surface area contributed by atoms with E-state index in [9.17, 15) is 8.78 Å². The van der Waals surface area contributed by atoms with Crippen LogP contribution in [0.1, 0.15) is 29.9 Å². The molecule has 0 radical (unpaired) electrons. The number of furan rings is 1. The molecule has 114 valence electrons. The molecule has 1 atom stereocenters. The monoisotopic (exact) mass is 311 g/mol. The van der Waals surface area contributed by atoms with Gasteiger partial charge in [0.15, 0.2) is 0 Å². The number of rotatable bonds is 8. The summed E-state index contributed by atoms with van der Waals surface area (Å²) in [6.07, 6.45) is 0. The topological polar surface area (TPSA) is 25.2 Å². The fraction of sp³-hybridized carbons (Fsp3) is 0.375. The van der Waals surface area contributed by atoms with Gasteiger partial charge in [-0.2, -0.15) is 8.78 Å². The Morgan fingerprint density at radius 2 is 1.81 bits per heavy atom. The van der Waals surface area contributed by atoms with Gasteiger partial charge in [-0.25, -0.2) is 0 Å². The summed E-state index contributed by atoms with van der Waals surface area (Å²) in [6.45, 7) is 3.61. The van der Waals surface area contributed by atoms with Crippen LogP contribution in [0.4, 0.5) is 8.78 Å². The van der Waals surface area contributed by atoms with E-state index in [1.165, 1.54) is 5.56 Å². The molecular formula is C16H19F2NOS. The van der Waals surface area contributed by atoms with E-state index < -0.39 is 5.76 Å². The van der Waals surface area contributed by atoms with Crippen molar-refractivity contribution in [1.29, 1.82) is 0 Å². The first-order chi connectivity index (χ1) is 10.1. The van der Waals surface area contributed by atoms with Crippen molar-refractivity contribution in [1.82, 2.24) is 5.32 Å². The normalized spacial score (nSPS) is 12.8. The Morgan fingerprint density at radius 1 is 1.10 bits per heavy atom. The third-order valence-electron chi connectivity index (χ3n) is 3.19. The van der Waals surface area contributed by atoms with Gasteiger partial charge in [0, 0.05) is 6.54 Å². The quantitative estimate of drug-likeness (QED) is 0.769. The molecule has 0 saturated carbocycles. The van der Waals surface area contributed by atoms with Gasteiger partial charge >= 0.3 is 0 Å². The van der Waals surface area contributed by atoms with E-state index in [0.717, 1.165) is 12.3 Å². The number of alkyl halides is 2. The maximum absolute atomic E-state index is 12.1. The van der Waals surface area contributed by atoms with Gasteiger partial charge in [-0.1, -0.05) is 49.0 Å². The van der Waals surface area contributed by atoms with Gasteiger partial charge in [-0.15, -0.1) is 0 Å². The van der Waals surface area contributed by atoms with Crippen molar-refractivity contribution in [2.75, 3.05) is 6.54 Å². The molecule has 0 saturated heterocycles. The second-order valence-corrected chi connectivity index (χ2v) is 5.86. The fourth-order valence-electron chi connectivity index (χ4n) is 2.05. The van der Waals surface area contributed by atoms with Gasteiger partial charge in [0.05, 0.1) is 12.3 Å². The molecule has 2 aromatic rings. The molecule has 0 amide bonds. The maximum Gasteiger partial charge on any atom is 0.284 e. The number of thioether (sulfide) groups is 1. The lowest BCUT2D eigenvalue weighted by Gasteiger charge is -2.12. The van der Waals surface area contributed by atoms with Crippen LogP contribution in [0, 0.1) is 0 Å². The van der Waals surface area contributed by atoms with E-state index in [1.807, 2.05) is 24.3 Å². The summed E-state index contributed by atoms with van der Waals surface area (Å²) >= 11 is 0.576. The van der Waals surface area contributed by atoms with Crippen LogP contribution in [0.2, 0.25) is 0 Å². The standard InChI is InChI=1S/C16H19F2NOS/c1-12(13-5-3-2-4-6-13)9-19-10-14-7-8-15(20-14)11-21-16(17)18/h2-8,12,16,19H,9-11H2,1H3. The van der Waals surface area contributed by atoms with Crippen molar-refractivity contribution < 1.29 is 13.2 Å². The van der Waals surface area contributed by atoms with Crippen LogP contribution in [0.3, 0.4) is 0 Å². The SMILES string of the molecule is CC(CNCc1ccc(CSC(F)F)o1)c1ccccc1. The third-order valence-corrected chi connectivity index (χ3v) is 3.89. The molecule has 5 heteroatoms. The number of halogens is 2. The van der Waals surface area contributed by atoms with Crippen LogP contribution >= 0.6 is 11.8 Å². The number of nitrogens with one attached hydrogen (secondary N) is 1. The lowest BCUT2D eigenvalue weighted by molar-refractivity contribution is 0.251. The summed E-state index contributed by atoms with van der Waals surface area (Å²) in [5, 5.41) is 3.33. The van der Waals surface area contributed by atoms with Crippen LogP contribution in [-0.4, -0.2) is 12.3 Å². The highest BCUT2D eigenvalue weighted by Gasteiger charge is 2.08. The van der Waals surface area contributed by atoms with Crippen molar-refractivity contribution in [3.63, 3.8) is 0 Å². The highest BCUT2D eigenvalue weighted by Crippen LogP contribution is 2.21. The molecule has 21 heavy (non-hydrogen) atoms. The maximum atomic E-state index is 12.1. The van der Waals surface area contributed by atoms with Gasteiger partial charge < -0.3 is 9.73 Å². The van der Waals surface area contributed by atoms with Crippen LogP contribution < -0.4 is 5.32 Å². The minimum atomic E-state index is -2.36. The van der Waals surface area contributed by atoms with E-state index in [2.05, 4.69) is 24.4 Å². The van der Waals surface area contributed by atoms with Crippen molar-refractivity contribution in [2.45, 2.75) is 30.9 Å². The number of benzene rings is 1. The summed E-state index contributed by atoms with van der Waals surface area (Å²) in [7, 11) is 0. The van der Waals surface area contributed by atoms with Crippen molar-refractivity contribution in [2.24, 2.45) is 0 Å². The second-order valence-electron chi connectivity index (χ2n) is 4.88. The molecule has 1 unspecified atom stereocenters. The minimum Gasteiger partial charge on any atom is -0.464 e. The Morgan fingerprint density at radius 3 is 2.52 bits per heavy atom. The molecule has 0 aliphatic rings. The van der Waals surface area contributed by atoms with Crippen molar-refractivity contribution in [3.05, 3.63) is 59.5 Å². The smallest absolute Gasteiger partial charge is 0.284 e. The van der Waals surface area contributed by atoms with Gasteiger partial charge in [0.2, 0.25) is 0 Å². The van der Waals surface area contributed by atoms with E-state index >= 15 is 0 Å². The first kappa shape index (κ1) is 16.0. The Labute approximate surface area is 127 Å². The summed E-state index contributed by atoms with van der Waals surface area (Å²) in [5.41, 5.74) is 1.29. The first-order valence-electron chi connectivity index (χ1n) is 6.88. The predicted octanol–water partition coefficient (Wildman–Crippen LogP) is 4.63. The molecule has 0 aliphatic heterocycles. The molecule has 1 aromatic heterocycles. The van der Waals surface area contributed by atoms with Crippen LogP contribution in [0.15, 0.2) is 46.9 Å². The predicted molar refractivity (Wildman–Crippen MR) is 82.6 cm³/mol. The van der Waals surface area contributed by atoms with Crippen LogP contribution in [0.5, 0.6) is 0 Å². The molecule has 0 spiro atoms. The third kappa shape index (κ3) is 5.52. The summed E-state index contributed by atoms with van der Waals surface area (Å²) in [6, 6.07) is 13.9. The van der Waals surface area contributed by atoms with Crippen LogP contribution in [-0.2, 0) is 12.3 Å². The molecule has 1 heterocycles. The fourth-order valence-corrected chi connectivity index (χ4v) is 2.50. The lowest BCUT2D eigenvalue weighted by Crippen LogP contribution is -2.19. The molecule has 0 aliphatic carbocycles. The highest BCUT2D eigenvalue weighted by molar-refractivity contribution is 7.98. The van der Waals surface area contributed by atoms with Gasteiger partial charge in [-0.3, -0.25) is 0 Å². The van der Waals surface area contributed by atoms with Crippen LogP contribution in [0.25, 0.3) is 0 Å². The zero-order chi connectivity index (χ0) is 15.1. The van der Waals surface area contributed by atoms with Gasteiger partial charge in [0.1, 0.15) is 11.5 Å². The molecule has 0 fully saturated rings. The van der Waals surface area contributed by atoms with Crippen molar-refractivity contribution in [3.8, 4) is 0 Å². The van der Waals surface area contributed by atoms with E-state index in [0.29, 0.717) is 30.0 Å². The lowest BCUT2D eigenvalue weighted by atomic mass is 10.0. The van der Waals surface area contributed by atoms with E-state index in [1.54, 1.807) is 6.07 Å². The summed E-state index contributed by atoms with van der Waals surface area (Å²) in [4.78, 5) is 0. The van der Waals surface area contributed by atoms with Gasteiger partial charge in [-0.05, 0) is 23.6 Å². The second kappa shape index (κ2) is 8.20. The largest absolute Gasteiger partial charge is 0.464 e. The zero-order valence-electron chi connectivity index (χ0n) is 11.9. The van der Waals surface area contributed by atoms with Gasteiger partial charge in [0.25, 0.3) is 5.76 Å². The molecular weight excluding hydrogens is 292 g/mol. The summed E-state index contributed by atoms with van der Waals surface area (Å²) < 4.78 is 29.7. The zero-order valence-corrected chi connectivity index (χ0v) is 12.7. The highest BCUT2D eigenvalue weighted by atomic mass is 32.2. The first-order valence-corrected chi connectivity index (χ1v) is 7.93. The molecule has 2 nitrogen and oxygen atoms in total. The summed E-state index contributed by atoms with van der Waals surface area (Å²) in [5.74, 6) is -0.371. The molecule has 1 N–H and O–H groups in total. The Balaban J connectivity index is 1.73. The van der Waals surface area contributed by atoms with E-state index in [-0.39, 0.29) is 5.75 Å². The molecule has 0 bridgehead atoms. The minimum absolute atomic E-state index is 0.206. The molecule has 1 aromatic carbocycles. The number of hydrogen-bond acceptors (Lipinski definition) is 3. The van der Waals surface area contributed by atoms with E-state index in [4.69, 9.17) is 4.42 Å². The Bertz CT molecular complexity index is 530. The van der Waals surface area contributed by atoms with Crippen molar-refractivity contribution >= 4 is 11.8 Å².